The quantitative estimate of drug-likeness (QED) is 0.395. The summed E-state index contributed by atoms with van der Waals surface area (Å²) in [6, 6.07) is 13.0. The van der Waals surface area contributed by atoms with E-state index in [-0.39, 0.29) is 5.82 Å². The third-order valence-electron chi connectivity index (χ3n) is 7.00. The monoisotopic (exact) mass is 410 g/mol. The molecule has 1 fully saturated rings. The molecule has 30 heavy (non-hydrogen) atoms. The van der Waals surface area contributed by atoms with Crippen LogP contribution in [0.3, 0.4) is 0 Å². The molecule has 0 bridgehead atoms. The van der Waals surface area contributed by atoms with Crippen LogP contribution in [0.1, 0.15) is 63.9 Å². The molecule has 1 aliphatic rings. The SMILES string of the molecule is CCCC(C)C1CCC(c2ccc3c(F)c(-c4ccc(F)c(F)c4)ccc3c2)CC1. The van der Waals surface area contributed by atoms with Gasteiger partial charge < -0.3 is 0 Å². The standard InChI is InChI=1S/C27H29F3/c1-3-4-17(2)18-5-7-19(8-6-18)20-9-12-23-21(15-20)10-13-24(27(23)30)22-11-14-25(28)26(29)16-22/h9-19H,3-8H2,1-2H3. The third kappa shape index (κ3) is 4.12. The van der Waals surface area contributed by atoms with Gasteiger partial charge in [0, 0.05) is 10.9 Å². The van der Waals surface area contributed by atoms with Gasteiger partial charge in [-0.05, 0) is 72.1 Å². The predicted octanol–water partition coefficient (Wildman–Crippen LogP) is 8.63. The Morgan fingerprint density at radius 1 is 0.867 bits per heavy atom. The maximum absolute atomic E-state index is 15.2. The van der Waals surface area contributed by atoms with Gasteiger partial charge in [0.1, 0.15) is 5.82 Å². The molecule has 3 aromatic carbocycles. The van der Waals surface area contributed by atoms with Crippen molar-refractivity contribution in [3.05, 3.63) is 71.5 Å². The summed E-state index contributed by atoms with van der Waals surface area (Å²) in [7, 11) is 0. The van der Waals surface area contributed by atoms with Crippen LogP contribution < -0.4 is 0 Å². The Balaban J connectivity index is 1.56. The average Bonchev–Trinajstić information content (AvgIpc) is 2.76. The largest absolute Gasteiger partial charge is 0.206 e. The Labute approximate surface area is 177 Å². The molecule has 0 N–H and O–H groups in total. The van der Waals surface area contributed by atoms with Crippen molar-refractivity contribution in [1.82, 2.24) is 0 Å². The first-order valence-corrected chi connectivity index (χ1v) is 11.2. The normalized spacial score (nSPS) is 20.4. The molecule has 0 radical (unpaired) electrons. The first-order chi connectivity index (χ1) is 14.5. The van der Waals surface area contributed by atoms with Crippen molar-refractivity contribution < 1.29 is 13.2 Å². The first kappa shape index (κ1) is 21.0. The second-order valence-corrected chi connectivity index (χ2v) is 8.91. The third-order valence-corrected chi connectivity index (χ3v) is 7.00. The summed E-state index contributed by atoms with van der Waals surface area (Å²) in [6.45, 7) is 4.65. The van der Waals surface area contributed by atoms with Crippen LogP contribution in [0.25, 0.3) is 21.9 Å². The molecule has 0 nitrogen and oxygen atoms in total. The lowest BCUT2D eigenvalue weighted by atomic mass is 9.73. The molecule has 0 amide bonds. The van der Waals surface area contributed by atoms with Crippen molar-refractivity contribution in [1.29, 1.82) is 0 Å². The smallest absolute Gasteiger partial charge is 0.159 e. The molecule has 0 aliphatic heterocycles. The summed E-state index contributed by atoms with van der Waals surface area (Å²) in [6.07, 6.45) is 7.49. The molecule has 0 spiro atoms. The fourth-order valence-electron chi connectivity index (χ4n) is 5.16. The Hall–Kier alpha value is -2.29. The first-order valence-electron chi connectivity index (χ1n) is 11.2. The molecule has 0 aromatic heterocycles. The van der Waals surface area contributed by atoms with Crippen LogP contribution in [0.5, 0.6) is 0 Å². The Bertz CT molecular complexity index is 1030. The molecule has 3 heteroatoms. The van der Waals surface area contributed by atoms with Crippen LogP contribution in [0.4, 0.5) is 13.2 Å². The summed E-state index contributed by atoms with van der Waals surface area (Å²) >= 11 is 0. The van der Waals surface area contributed by atoms with Gasteiger partial charge >= 0.3 is 0 Å². The molecule has 3 aromatic rings. The molecule has 4 rings (SSSR count). The van der Waals surface area contributed by atoms with Gasteiger partial charge in [-0.25, -0.2) is 13.2 Å². The molecule has 1 saturated carbocycles. The Morgan fingerprint density at radius 2 is 1.63 bits per heavy atom. The van der Waals surface area contributed by atoms with Crippen molar-refractivity contribution >= 4 is 10.8 Å². The van der Waals surface area contributed by atoms with Crippen molar-refractivity contribution in [3.63, 3.8) is 0 Å². The van der Waals surface area contributed by atoms with E-state index in [1.54, 1.807) is 6.07 Å². The van der Waals surface area contributed by atoms with E-state index < -0.39 is 11.6 Å². The second-order valence-electron chi connectivity index (χ2n) is 8.91. The fourth-order valence-corrected chi connectivity index (χ4v) is 5.16. The number of fused-ring (bicyclic) bond motifs is 1. The number of rotatable bonds is 5. The van der Waals surface area contributed by atoms with Crippen LogP contribution >= 0.6 is 0 Å². The van der Waals surface area contributed by atoms with Gasteiger partial charge in [0.05, 0.1) is 0 Å². The van der Waals surface area contributed by atoms with Crippen LogP contribution in [-0.2, 0) is 0 Å². The van der Waals surface area contributed by atoms with Crippen LogP contribution in [-0.4, -0.2) is 0 Å². The second kappa shape index (κ2) is 8.83. The lowest BCUT2D eigenvalue weighted by Crippen LogP contribution is -2.19. The van der Waals surface area contributed by atoms with Crippen LogP contribution in [0.2, 0.25) is 0 Å². The van der Waals surface area contributed by atoms with Gasteiger partial charge in [0.2, 0.25) is 0 Å². The van der Waals surface area contributed by atoms with E-state index in [9.17, 15) is 8.78 Å². The molecule has 158 valence electrons. The molecule has 1 aliphatic carbocycles. The molecule has 1 unspecified atom stereocenters. The Morgan fingerprint density at radius 3 is 2.33 bits per heavy atom. The summed E-state index contributed by atoms with van der Waals surface area (Å²) in [5.41, 5.74) is 1.92. The summed E-state index contributed by atoms with van der Waals surface area (Å²) in [4.78, 5) is 0. The van der Waals surface area contributed by atoms with Gasteiger partial charge in [0.25, 0.3) is 0 Å². The molecule has 0 saturated heterocycles. The topological polar surface area (TPSA) is 0 Å². The Kier molecular flexibility index (Phi) is 6.17. The highest BCUT2D eigenvalue weighted by molar-refractivity contribution is 5.88. The van der Waals surface area contributed by atoms with Crippen LogP contribution in [0.15, 0.2) is 48.5 Å². The minimum absolute atomic E-state index is 0.291. The maximum atomic E-state index is 15.2. The maximum Gasteiger partial charge on any atom is 0.159 e. The van der Waals surface area contributed by atoms with E-state index >= 15 is 4.39 Å². The lowest BCUT2D eigenvalue weighted by molar-refractivity contribution is 0.235. The van der Waals surface area contributed by atoms with Crippen molar-refractivity contribution in [3.8, 4) is 11.1 Å². The van der Waals surface area contributed by atoms with E-state index in [1.807, 2.05) is 18.2 Å². The van der Waals surface area contributed by atoms with E-state index in [1.165, 1.54) is 50.2 Å². The van der Waals surface area contributed by atoms with Gasteiger partial charge in [-0.3, -0.25) is 0 Å². The zero-order valence-corrected chi connectivity index (χ0v) is 17.7. The zero-order valence-electron chi connectivity index (χ0n) is 17.7. The molecule has 1 atom stereocenters. The minimum Gasteiger partial charge on any atom is -0.206 e. The van der Waals surface area contributed by atoms with Gasteiger partial charge in [-0.2, -0.15) is 0 Å². The summed E-state index contributed by atoms with van der Waals surface area (Å²) in [5.74, 6) is -0.112. The van der Waals surface area contributed by atoms with Crippen molar-refractivity contribution in [2.45, 2.75) is 58.3 Å². The van der Waals surface area contributed by atoms with Crippen LogP contribution in [0, 0.1) is 29.3 Å². The van der Waals surface area contributed by atoms with Gasteiger partial charge in [0.15, 0.2) is 11.6 Å². The van der Waals surface area contributed by atoms with E-state index in [0.717, 1.165) is 29.4 Å². The summed E-state index contributed by atoms with van der Waals surface area (Å²) < 4.78 is 42.0. The molecular formula is C27H29F3. The molecule has 0 heterocycles. The number of hydrogen-bond acceptors (Lipinski definition) is 0. The fraction of sp³-hybridized carbons (Fsp3) is 0.407. The minimum atomic E-state index is -0.966. The lowest BCUT2D eigenvalue weighted by Gasteiger charge is -2.32. The van der Waals surface area contributed by atoms with E-state index in [4.69, 9.17) is 0 Å². The number of hydrogen-bond donors (Lipinski definition) is 0. The van der Waals surface area contributed by atoms with Gasteiger partial charge in [-0.15, -0.1) is 0 Å². The van der Waals surface area contributed by atoms with Crippen molar-refractivity contribution in [2.24, 2.45) is 11.8 Å². The van der Waals surface area contributed by atoms with E-state index in [2.05, 4.69) is 19.9 Å². The van der Waals surface area contributed by atoms with Crippen molar-refractivity contribution in [2.75, 3.05) is 0 Å². The summed E-state index contributed by atoms with van der Waals surface area (Å²) in [5, 5.41) is 1.38. The van der Waals surface area contributed by atoms with E-state index in [0.29, 0.717) is 22.4 Å². The highest BCUT2D eigenvalue weighted by Gasteiger charge is 2.26. The predicted molar refractivity (Wildman–Crippen MR) is 118 cm³/mol. The average molecular weight is 411 g/mol. The number of halogens is 3. The highest BCUT2D eigenvalue weighted by atomic mass is 19.2. The zero-order chi connectivity index (χ0) is 21.3. The van der Waals surface area contributed by atoms with Gasteiger partial charge in [-0.1, -0.05) is 63.1 Å². The molecular weight excluding hydrogens is 381 g/mol. The number of benzene rings is 3. The highest BCUT2D eigenvalue weighted by Crippen LogP contribution is 2.41.